The lowest BCUT2D eigenvalue weighted by Crippen LogP contribution is -2.04. The van der Waals surface area contributed by atoms with E-state index in [1.807, 2.05) is 31.2 Å². The van der Waals surface area contributed by atoms with Crippen molar-refractivity contribution in [2.24, 2.45) is 0 Å². The first-order valence-corrected chi connectivity index (χ1v) is 6.64. The predicted octanol–water partition coefficient (Wildman–Crippen LogP) is 4.00. The van der Waals surface area contributed by atoms with E-state index < -0.39 is 0 Å². The molecule has 0 saturated heterocycles. The molecule has 0 radical (unpaired) electrons. The van der Waals surface area contributed by atoms with Crippen molar-refractivity contribution in [1.82, 2.24) is 4.98 Å². The monoisotopic (exact) mass is 325 g/mol. The summed E-state index contributed by atoms with van der Waals surface area (Å²) in [6.45, 7) is 2.57. The van der Waals surface area contributed by atoms with Crippen LogP contribution in [0.2, 0.25) is 5.02 Å². The fraction of sp³-hybridized carbons (Fsp3) is 0.154. The Morgan fingerprint density at radius 1 is 1.39 bits per heavy atom. The molecule has 3 N–H and O–H groups in total. The van der Waals surface area contributed by atoms with Gasteiger partial charge in [0, 0.05) is 11.6 Å². The molecule has 0 aliphatic carbocycles. The van der Waals surface area contributed by atoms with Gasteiger partial charge in [0.15, 0.2) is 0 Å². The molecule has 1 heterocycles. The van der Waals surface area contributed by atoms with Gasteiger partial charge >= 0.3 is 0 Å². The number of nitrogens with two attached hydrogens (primary N) is 1. The van der Waals surface area contributed by atoms with Crippen LogP contribution in [0.4, 0.5) is 11.5 Å². The predicted molar refractivity (Wildman–Crippen MR) is 79.9 cm³/mol. The molecule has 2 rings (SSSR count). The smallest absolute Gasteiger partial charge is 0.140 e. The molecule has 3 nitrogen and oxygen atoms in total. The molecule has 94 valence electrons. The summed E-state index contributed by atoms with van der Waals surface area (Å²) in [4.78, 5) is 4.26. The van der Waals surface area contributed by atoms with Gasteiger partial charge < -0.3 is 11.1 Å². The number of aromatic nitrogens is 1. The number of halogens is 2. The average molecular weight is 327 g/mol. The molecule has 5 heteroatoms. The fourth-order valence-corrected chi connectivity index (χ4v) is 2.21. The Hall–Kier alpha value is -1.26. The second kappa shape index (κ2) is 5.59. The molecular formula is C13H13BrClN3. The number of benzene rings is 1. The van der Waals surface area contributed by atoms with Crippen LogP contribution in [-0.2, 0) is 6.54 Å². The Bertz CT molecular complexity index is 572. The summed E-state index contributed by atoms with van der Waals surface area (Å²) in [5.74, 6) is 0.765. The van der Waals surface area contributed by atoms with E-state index in [1.165, 1.54) is 0 Å². The van der Waals surface area contributed by atoms with Crippen molar-refractivity contribution in [1.29, 1.82) is 0 Å². The lowest BCUT2D eigenvalue weighted by atomic mass is 10.2. The van der Waals surface area contributed by atoms with Crippen molar-refractivity contribution in [3.05, 3.63) is 51.1 Å². The summed E-state index contributed by atoms with van der Waals surface area (Å²) in [7, 11) is 0. The van der Waals surface area contributed by atoms with Crippen LogP contribution in [0.1, 0.15) is 11.1 Å². The second-order valence-electron chi connectivity index (χ2n) is 3.95. The molecule has 0 fully saturated rings. The van der Waals surface area contributed by atoms with Gasteiger partial charge in [0.05, 0.1) is 16.4 Å². The third-order valence-corrected chi connectivity index (χ3v) is 4.05. The van der Waals surface area contributed by atoms with E-state index in [9.17, 15) is 0 Å². The molecular weight excluding hydrogens is 314 g/mol. The Kier molecular flexibility index (Phi) is 4.09. The largest absolute Gasteiger partial charge is 0.397 e. The third kappa shape index (κ3) is 2.76. The number of rotatable bonds is 3. The molecule has 0 unspecified atom stereocenters. The lowest BCUT2D eigenvalue weighted by molar-refractivity contribution is 1.10. The van der Waals surface area contributed by atoms with Crippen LogP contribution in [-0.4, -0.2) is 4.98 Å². The van der Waals surface area contributed by atoms with Gasteiger partial charge in [0.2, 0.25) is 0 Å². The molecule has 2 aromatic rings. The zero-order valence-corrected chi connectivity index (χ0v) is 12.2. The van der Waals surface area contributed by atoms with Crippen LogP contribution in [0.3, 0.4) is 0 Å². The zero-order chi connectivity index (χ0) is 13.1. The third-order valence-electron chi connectivity index (χ3n) is 2.71. The maximum Gasteiger partial charge on any atom is 0.140 e. The van der Waals surface area contributed by atoms with Crippen molar-refractivity contribution in [2.45, 2.75) is 13.5 Å². The topological polar surface area (TPSA) is 50.9 Å². The van der Waals surface area contributed by atoms with Gasteiger partial charge in [-0.15, -0.1) is 0 Å². The van der Waals surface area contributed by atoms with Crippen molar-refractivity contribution >= 4 is 39.0 Å². The van der Waals surface area contributed by atoms with Gasteiger partial charge in [-0.3, -0.25) is 0 Å². The molecule has 0 amide bonds. The van der Waals surface area contributed by atoms with E-state index in [4.69, 9.17) is 17.3 Å². The number of nitrogens with one attached hydrogen (secondary N) is 1. The number of pyridine rings is 1. The second-order valence-corrected chi connectivity index (χ2v) is 5.15. The Labute approximate surface area is 119 Å². The molecule has 0 saturated carbocycles. The quantitative estimate of drug-likeness (QED) is 0.896. The van der Waals surface area contributed by atoms with Crippen LogP contribution in [0.5, 0.6) is 0 Å². The van der Waals surface area contributed by atoms with E-state index in [0.29, 0.717) is 12.2 Å². The summed E-state index contributed by atoms with van der Waals surface area (Å²) < 4.78 is 0.884. The highest BCUT2D eigenvalue weighted by Gasteiger charge is 2.07. The number of nitrogen functional groups attached to an aromatic ring is 1. The van der Waals surface area contributed by atoms with Crippen molar-refractivity contribution in [3.63, 3.8) is 0 Å². The Morgan fingerprint density at radius 2 is 2.11 bits per heavy atom. The van der Waals surface area contributed by atoms with Crippen LogP contribution in [0, 0.1) is 6.92 Å². The summed E-state index contributed by atoms with van der Waals surface area (Å²) in [6, 6.07) is 7.72. The minimum Gasteiger partial charge on any atom is -0.397 e. The van der Waals surface area contributed by atoms with Crippen LogP contribution < -0.4 is 11.1 Å². The number of hydrogen-bond donors (Lipinski definition) is 2. The number of nitrogens with zero attached hydrogens (tertiary/aromatic N) is 1. The molecule has 0 atom stereocenters. The SMILES string of the molecule is Cc1c(N)cnc(NCc2ccccc2Cl)c1Br. The number of anilines is 2. The fourth-order valence-electron chi connectivity index (χ4n) is 1.54. The zero-order valence-electron chi connectivity index (χ0n) is 9.87. The lowest BCUT2D eigenvalue weighted by Gasteiger charge is -2.11. The van der Waals surface area contributed by atoms with Crippen molar-refractivity contribution in [2.75, 3.05) is 11.1 Å². The highest BCUT2D eigenvalue weighted by molar-refractivity contribution is 9.10. The van der Waals surface area contributed by atoms with E-state index in [1.54, 1.807) is 6.20 Å². The van der Waals surface area contributed by atoms with E-state index in [0.717, 1.165) is 26.4 Å². The van der Waals surface area contributed by atoms with Gasteiger partial charge in [-0.1, -0.05) is 29.8 Å². The summed E-state index contributed by atoms with van der Waals surface area (Å²) >= 11 is 9.58. The highest BCUT2D eigenvalue weighted by atomic mass is 79.9. The summed E-state index contributed by atoms with van der Waals surface area (Å²) in [5, 5.41) is 3.98. The molecule has 0 aliphatic rings. The average Bonchev–Trinajstić information content (AvgIpc) is 2.37. The van der Waals surface area contributed by atoms with Crippen LogP contribution >= 0.6 is 27.5 Å². The van der Waals surface area contributed by atoms with E-state index in [2.05, 4.69) is 26.2 Å². The molecule has 18 heavy (non-hydrogen) atoms. The molecule has 0 aliphatic heterocycles. The van der Waals surface area contributed by atoms with Crippen molar-refractivity contribution < 1.29 is 0 Å². The maximum atomic E-state index is 6.09. The van der Waals surface area contributed by atoms with Crippen LogP contribution in [0.25, 0.3) is 0 Å². The van der Waals surface area contributed by atoms with Gasteiger partial charge in [-0.05, 0) is 40.0 Å². The first kappa shape index (κ1) is 13.2. The molecule has 0 spiro atoms. The first-order valence-electron chi connectivity index (χ1n) is 5.47. The molecule has 0 bridgehead atoms. The normalized spacial score (nSPS) is 10.4. The molecule has 1 aromatic heterocycles. The van der Waals surface area contributed by atoms with Gasteiger partial charge in [0.25, 0.3) is 0 Å². The van der Waals surface area contributed by atoms with Crippen molar-refractivity contribution in [3.8, 4) is 0 Å². The first-order chi connectivity index (χ1) is 8.59. The Morgan fingerprint density at radius 3 is 2.83 bits per heavy atom. The van der Waals surface area contributed by atoms with Gasteiger partial charge in [0.1, 0.15) is 5.82 Å². The minimum atomic E-state index is 0.620. The van der Waals surface area contributed by atoms with E-state index >= 15 is 0 Å². The maximum absolute atomic E-state index is 6.09. The Balaban J connectivity index is 2.17. The van der Waals surface area contributed by atoms with Gasteiger partial charge in [-0.25, -0.2) is 4.98 Å². The minimum absolute atomic E-state index is 0.620. The highest BCUT2D eigenvalue weighted by Crippen LogP contribution is 2.28. The summed E-state index contributed by atoms with van der Waals surface area (Å²) in [5.41, 5.74) is 8.46. The number of hydrogen-bond acceptors (Lipinski definition) is 3. The molecule has 1 aromatic carbocycles. The van der Waals surface area contributed by atoms with Crippen LogP contribution in [0.15, 0.2) is 34.9 Å². The van der Waals surface area contributed by atoms with Gasteiger partial charge in [-0.2, -0.15) is 0 Å². The summed E-state index contributed by atoms with van der Waals surface area (Å²) in [6.07, 6.45) is 1.65. The van der Waals surface area contributed by atoms with E-state index in [-0.39, 0.29) is 0 Å². The standard InChI is InChI=1S/C13H13BrClN3/c1-8-11(16)7-18-13(12(8)14)17-6-9-4-2-3-5-10(9)15/h2-5,7H,6,16H2,1H3,(H,17,18).